The number of hydrogen-bond donors (Lipinski definition) is 9. The third kappa shape index (κ3) is 9.02. The predicted octanol–water partition coefficient (Wildman–Crippen LogP) is 1.38. The van der Waals surface area contributed by atoms with Crippen LogP contribution in [0.2, 0.25) is 0 Å². The summed E-state index contributed by atoms with van der Waals surface area (Å²) < 4.78 is 27.7. The van der Waals surface area contributed by atoms with Gasteiger partial charge in [-0.15, -0.1) is 0 Å². The zero-order valence-electron chi connectivity index (χ0n) is 33.0. The van der Waals surface area contributed by atoms with Crippen LogP contribution in [0, 0.1) is 0 Å². The Hall–Kier alpha value is -6.65. The summed E-state index contributed by atoms with van der Waals surface area (Å²) in [5.74, 6) is -7.07. The molecule has 9 N–H and O–H groups in total. The minimum absolute atomic E-state index is 0.0164. The van der Waals surface area contributed by atoms with Crippen molar-refractivity contribution in [3.05, 3.63) is 81.4 Å². The summed E-state index contributed by atoms with van der Waals surface area (Å²) in [6, 6.07) is 7.11. The van der Waals surface area contributed by atoms with Gasteiger partial charge in [0.1, 0.15) is 54.0 Å². The number of phenols is 2. The number of phenolic OH excluding ortho intramolecular Hbond substituents is 2. The topological polar surface area (TPSA) is 331 Å². The maximum atomic E-state index is 13.9. The SMILES string of the molecule is COc1cccc2c1C(=O)c1c(O)c3c(c(O)c1C2=O)C[C@@](O)(C(=O)CO)C[C@@H]3O[C@H]1C[C@H](NC(=O)OCc2ccc(OC(=O)NC(CCC(=O)O)C(=O)O)cc2)[C@H](O)[C@H](C)O1. The minimum atomic E-state index is -2.40. The monoisotopic (exact) mass is 866 g/mol. The molecule has 21 nitrogen and oxygen atoms in total. The number of aromatic hydroxyl groups is 2. The number of aliphatic hydroxyl groups is 3. The zero-order chi connectivity index (χ0) is 45.2. The lowest BCUT2D eigenvalue weighted by Gasteiger charge is -2.42. The molecule has 0 spiro atoms. The van der Waals surface area contributed by atoms with Gasteiger partial charge in [0.2, 0.25) is 5.78 Å². The van der Waals surface area contributed by atoms with Gasteiger partial charge in [-0.05, 0) is 37.1 Å². The second-order valence-electron chi connectivity index (χ2n) is 14.8. The standard InChI is InChI=1S/C41H42N2O19/c1-17-33(48)23(43-39(55)59-16-18-6-8-19(9-7-18)61-40(56)42-22(38(53)54)10-11-27(46)47)12-28(60-17)62-25-14-41(57,26(45)15-44)13-21-30(25)37(52)32-31(35(21)50)34(49)20-4-3-5-24(58-2)29(20)36(32)51/h3-9,17,22-23,25,28,33,44,48,50,52,57H,10-16H2,1-2H3,(H,42,56)(H,43,55)(H,46,47)(H,53,54)/t17-,22?,23-,25-,28-,33+,41-/m0/s1. The number of aliphatic carboxylic acids is 2. The van der Waals surface area contributed by atoms with Crippen molar-refractivity contribution in [2.24, 2.45) is 0 Å². The fourth-order valence-corrected chi connectivity index (χ4v) is 7.66. The lowest BCUT2D eigenvalue weighted by molar-refractivity contribution is -0.249. The van der Waals surface area contributed by atoms with Gasteiger partial charge >= 0.3 is 24.1 Å². The maximum absolute atomic E-state index is 13.9. The van der Waals surface area contributed by atoms with Gasteiger partial charge in [-0.2, -0.15) is 0 Å². The van der Waals surface area contributed by atoms with E-state index in [-0.39, 0.29) is 53.2 Å². The summed E-state index contributed by atoms with van der Waals surface area (Å²) in [4.78, 5) is 87.9. The highest BCUT2D eigenvalue weighted by Gasteiger charge is 2.50. The molecule has 0 radical (unpaired) electrons. The molecule has 0 saturated carbocycles. The smallest absolute Gasteiger partial charge is 0.413 e. The molecule has 3 aromatic rings. The number of aliphatic hydroxyl groups excluding tert-OH is 2. The first-order valence-corrected chi connectivity index (χ1v) is 19.0. The number of Topliss-reactive ketones (excluding diaryl/α,β-unsaturated/α-hetero) is 1. The molecule has 1 heterocycles. The average molecular weight is 867 g/mol. The second kappa shape index (κ2) is 18.1. The molecule has 0 bridgehead atoms. The molecule has 0 aromatic heterocycles. The van der Waals surface area contributed by atoms with Crippen LogP contribution >= 0.6 is 0 Å². The van der Waals surface area contributed by atoms with E-state index in [0.717, 1.165) is 0 Å². The molecular weight excluding hydrogens is 824 g/mol. The van der Waals surface area contributed by atoms with Crippen molar-refractivity contribution in [1.29, 1.82) is 0 Å². The first-order valence-electron chi connectivity index (χ1n) is 19.0. The number of ether oxygens (including phenoxy) is 5. The molecule has 330 valence electrons. The van der Waals surface area contributed by atoms with Crippen LogP contribution in [0.5, 0.6) is 23.0 Å². The van der Waals surface area contributed by atoms with Gasteiger partial charge in [0, 0.05) is 42.4 Å². The van der Waals surface area contributed by atoms with Crippen LogP contribution in [-0.4, -0.2) is 127 Å². The van der Waals surface area contributed by atoms with Gasteiger partial charge < -0.3 is 70.1 Å². The Bertz CT molecular complexity index is 2310. The van der Waals surface area contributed by atoms with Crippen molar-refractivity contribution in [2.45, 2.75) is 87.9 Å². The number of fused-ring (bicyclic) bond motifs is 3. The van der Waals surface area contributed by atoms with Crippen molar-refractivity contribution < 1.29 is 93.0 Å². The number of carbonyl (C=O) groups is 7. The van der Waals surface area contributed by atoms with Gasteiger partial charge in [-0.3, -0.25) is 19.2 Å². The zero-order valence-corrected chi connectivity index (χ0v) is 33.0. The Labute approximate surface area is 350 Å². The number of ketones is 3. The van der Waals surface area contributed by atoms with Gasteiger partial charge in [-0.25, -0.2) is 14.4 Å². The summed E-state index contributed by atoms with van der Waals surface area (Å²) in [5, 5.41) is 78.2. The number of nitrogens with one attached hydrogen (secondary N) is 2. The van der Waals surface area contributed by atoms with Gasteiger partial charge in [0.15, 0.2) is 17.9 Å². The number of carboxylic acids is 2. The average Bonchev–Trinajstić information content (AvgIpc) is 3.23. The Morgan fingerprint density at radius 3 is 2.29 bits per heavy atom. The predicted molar refractivity (Wildman–Crippen MR) is 205 cm³/mol. The van der Waals surface area contributed by atoms with Crippen LogP contribution in [0.1, 0.15) is 87.2 Å². The van der Waals surface area contributed by atoms with E-state index in [1.807, 2.05) is 0 Å². The summed E-state index contributed by atoms with van der Waals surface area (Å²) in [6.45, 7) is 0.0152. The summed E-state index contributed by atoms with van der Waals surface area (Å²) in [5.41, 5.74) is -3.99. The molecule has 6 rings (SSSR count). The van der Waals surface area contributed by atoms with Crippen molar-refractivity contribution in [3.8, 4) is 23.0 Å². The van der Waals surface area contributed by atoms with Crippen LogP contribution in [0.25, 0.3) is 0 Å². The number of rotatable bonds is 14. The molecule has 7 atom stereocenters. The summed E-state index contributed by atoms with van der Waals surface area (Å²) >= 11 is 0. The molecule has 1 unspecified atom stereocenters. The van der Waals surface area contributed by atoms with Crippen molar-refractivity contribution in [2.75, 3.05) is 13.7 Å². The normalized spacial score (nSPS) is 23.1. The lowest BCUT2D eigenvalue weighted by Crippen LogP contribution is -2.56. The lowest BCUT2D eigenvalue weighted by atomic mass is 9.72. The highest BCUT2D eigenvalue weighted by Crippen LogP contribution is 2.52. The van der Waals surface area contributed by atoms with Crippen LogP contribution in [0.4, 0.5) is 9.59 Å². The van der Waals surface area contributed by atoms with Crippen molar-refractivity contribution >= 4 is 41.5 Å². The van der Waals surface area contributed by atoms with Crippen molar-refractivity contribution in [1.82, 2.24) is 10.6 Å². The van der Waals surface area contributed by atoms with Crippen LogP contribution in [0.15, 0.2) is 42.5 Å². The molecule has 1 fully saturated rings. The molecule has 1 aliphatic heterocycles. The largest absolute Gasteiger partial charge is 0.507 e. The molecule has 3 aromatic carbocycles. The third-order valence-corrected chi connectivity index (χ3v) is 10.8. The Morgan fingerprint density at radius 1 is 0.952 bits per heavy atom. The summed E-state index contributed by atoms with van der Waals surface area (Å²) in [6.07, 6.45) is -9.89. The number of hydrogen-bond acceptors (Lipinski definition) is 17. The van der Waals surface area contributed by atoms with E-state index >= 15 is 0 Å². The molecule has 21 heteroatoms. The van der Waals surface area contributed by atoms with Crippen molar-refractivity contribution in [3.63, 3.8) is 0 Å². The Kier molecular flexibility index (Phi) is 13.1. The molecule has 62 heavy (non-hydrogen) atoms. The Morgan fingerprint density at radius 2 is 1.65 bits per heavy atom. The number of carbonyl (C=O) groups excluding carboxylic acids is 5. The van der Waals surface area contributed by atoms with Gasteiger partial charge in [0.25, 0.3) is 0 Å². The van der Waals surface area contributed by atoms with E-state index in [1.54, 1.807) is 0 Å². The van der Waals surface area contributed by atoms with Crippen LogP contribution < -0.4 is 20.1 Å². The highest BCUT2D eigenvalue weighted by atomic mass is 16.7. The number of methoxy groups -OCH3 is 1. The molecular formula is C41H42N2O19. The number of benzene rings is 3. The number of alkyl carbamates (subject to hydrolysis) is 1. The maximum Gasteiger partial charge on any atom is 0.413 e. The van der Waals surface area contributed by atoms with E-state index < -0.39 is 132 Å². The molecule has 2 aliphatic carbocycles. The van der Waals surface area contributed by atoms with E-state index in [0.29, 0.717) is 5.56 Å². The number of carboxylic acid groups (broad SMARTS) is 2. The van der Waals surface area contributed by atoms with Gasteiger partial charge in [-0.1, -0.05) is 24.3 Å². The van der Waals surface area contributed by atoms with E-state index in [4.69, 9.17) is 28.8 Å². The van der Waals surface area contributed by atoms with E-state index in [1.165, 1.54) is 56.5 Å². The summed E-state index contributed by atoms with van der Waals surface area (Å²) in [7, 11) is 1.28. The quantitative estimate of drug-likeness (QED) is 0.0808. The van der Waals surface area contributed by atoms with Crippen LogP contribution in [0.3, 0.4) is 0 Å². The van der Waals surface area contributed by atoms with Crippen LogP contribution in [-0.2, 0) is 41.6 Å². The van der Waals surface area contributed by atoms with E-state index in [2.05, 4.69) is 10.6 Å². The third-order valence-electron chi connectivity index (χ3n) is 10.8. The van der Waals surface area contributed by atoms with Gasteiger partial charge in [0.05, 0.1) is 42.0 Å². The Balaban J connectivity index is 1.16. The van der Waals surface area contributed by atoms with E-state index in [9.17, 15) is 64.2 Å². The molecule has 3 aliphatic rings. The first-order chi connectivity index (χ1) is 29.4. The minimum Gasteiger partial charge on any atom is -0.507 e. The first kappa shape index (κ1) is 44.9. The number of amides is 2. The molecule has 1 saturated heterocycles. The molecule has 2 amide bonds. The highest BCUT2D eigenvalue weighted by molar-refractivity contribution is 6.31. The fraction of sp³-hybridized carbons (Fsp3) is 0.390. The fourth-order valence-electron chi connectivity index (χ4n) is 7.66. The second-order valence-corrected chi connectivity index (χ2v) is 14.8.